The van der Waals surface area contributed by atoms with Gasteiger partial charge in [0.15, 0.2) is 5.78 Å². The summed E-state index contributed by atoms with van der Waals surface area (Å²) in [6, 6.07) is 38.6. The van der Waals surface area contributed by atoms with E-state index < -0.39 is 25.3 Å². The fraction of sp³-hybridized carbons (Fsp3) is 0.133. The third-order valence-corrected chi connectivity index (χ3v) is 15.6. The predicted molar refractivity (Wildman–Crippen MR) is 213 cm³/mol. The van der Waals surface area contributed by atoms with Crippen molar-refractivity contribution in [2.24, 2.45) is 0 Å². The molecule has 0 atom stereocenters. The third-order valence-electron chi connectivity index (χ3n) is 9.88. The van der Waals surface area contributed by atoms with Crippen LogP contribution >= 0.6 is 14.3 Å². The molecule has 5 nitrogen and oxygen atoms in total. The lowest BCUT2D eigenvalue weighted by atomic mass is 9.84. The van der Waals surface area contributed by atoms with Crippen LogP contribution in [0, 0.1) is 41.5 Å². The summed E-state index contributed by atoms with van der Waals surface area (Å²) in [5, 5.41) is 1.64. The topological polar surface area (TPSA) is 85.3 Å². The summed E-state index contributed by atoms with van der Waals surface area (Å²) in [5.41, 5.74) is 3.37. The highest BCUT2D eigenvalue weighted by Gasteiger charge is 2.41. The quantitative estimate of drug-likeness (QED) is 0.104. The molecule has 0 unspecified atom stereocenters. The number of aryl methyl sites for hydroxylation is 4. The average Bonchev–Trinajstić information content (AvgIpc) is 3.15. The number of rotatable bonds is 10. The zero-order chi connectivity index (χ0) is 37.4. The Bertz CT molecular complexity index is 2190. The Morgan fingerprint density at radius 1 is 0.365 bits per heavy atom. The molecule has 0 aromatic heterocycles. The lowest BCUT2D eigenvalue weighted by molar-refractivity contribution is 0.103. The summed E-state index contributed by atoms with van der Waals surface area (Å²) >= 11 is 0. The molecule has 0 aliphatic carbocycles. The van der Waals surface area contributed by atoms with Gasteiger partial charge in [-0.25, -0.2) is 0 Å². The zero-order valence-electron chi connectivity index (χ0n) is 30.1. The first-order chi connectivity index (χ1) is 24.8. The zero-order valence-corrected chi connectivity index (χ0v) is 31.9. The molecule has 0 amide bonds. The van der Waals surface area contributed by atoms with Gasteiger partial charge in [-0.1, -0.05) is 133 Å². The van der Waals surface area contributed by atoms with Crippen molar-refractivity contribution in [3.8, 4) is 0 Å². The Kier molecular flexibility index (Phi) is 10.1. The Labute approximate surface area is 305 Å². The average molecular weight is 723 g/mol. The Morgan fingerprint density at radius 3 is 0.846 bits per heavy atom. The summed E-state index contributed by atoms with van der Waals surface area (Å²) in [6.07, 6.45) is 0. The van der Waals surface area contributed by atoms with E-state index in [-0.39, 0.29) is 16.9 Å². The molecule has 0 radical (unpaired) electrons. The molecular formula is C45H40O5P2. The first-order valence-electron chi connectivity index (χ1n) is 17.1. The number of benzene rings is 6. The highest BCUT2D eigenvalue weighted by Crippen LogP contribution is 2.50. The van der Waals surface area contributed by atoms with Crippen LogP contribution in [-0.2, 0) is 9.13 Å². The van der Waals surface area contributed by atoms with Crippen molar-refractivity contribution < 1.29 is 23.5 Å². The summed E-state index contributed by atoms with van der Waals surface area (Å²) in [5.74, 6) is -0.364. The minimum Gasteiger partial charge on any atom is -0.305 e. The molecule has 6 rings (SSSR count). The van der Waals surface area contributed by atoms with Gasteiger partial charge >= 0.3 is 0 Å². The fourth-order valence-corrected chi connectivity index (χ4v) is 12.7. The van der Waals surface area contributed by atoms with Gasteiger partial charge in [-0.2, -0.15) is 0 Å². The van der Waals surface area contributed by atoms with E-state index in [1.807, 2.05) is 38.1 Å². The van der Waals surface area contributed by atoms with E-state index in [0.717, 1.165) is 0 Å². The van der Waals surface area contributed by atoms with E-state index in [4.69, 9.17) is 0 Å². The Hall–Kier alpha value is -5.21. The molecule has 52 heavy (non-hydrogen) atoms. The van der Waals surface area contributed by atoms with Crippen LogP contribution in [0.5, 0.6) is 0 Å². The van der Waals surface area contributed by atoms with Crippen molar-refractivity contribution in [3.63, 3.8) is 0 Å². The first kappa shape index (κ1) is 36.6. The molecule has 0 aliphatic rings. The van der Waals surface area contributed by atoms with Gasteiger partial charge in [0.2, 0.25) is 25.3 Å². The normalized spacial score (nSPS) is 11.7. The molecular weight excluding hydrogens is 682 g/mol. The van der Waals surface area contributed by atoms with Gasteiger partial charge in [-0.3, -0.25) is 14.4 Å². The van der Waals surface area contributed by atoms with Crippen LogP contribution in [0.4, 0.5) is 0 Å². The van der Waals surface area contributed by atoms with Crippen LogP contribution in [0.15, 0.2) is 133 Å². The van der Waals surface area contributed by atoms with E-state index in [9.17, 15) is 14.4 Å². The monoisotopic (exact) mass is 722 g/mol. The number of carbonyl (C=O) groups excluding carboxylic acids is 3. The molecule has 0 N–H and O–H groups in total. The van der Waals surface area contributed by atoms with Crippen molar-refractivity contribution in [2.45, 2.75) is 41.5 Å². The second-order valence-electron chi connectivity index (χ2n) is 13.3. The summed E-state index contributed by atoms with van der Waals surface area (Å²) in [6.45, 7) is 10.7. The van der Waals surface area contributed by atoms with Crippen molar-refractivity contribution in [3.05, 3.63) is 189 Å². The van der Waals surface area contributed by atoms with Crippen LogP contribution in [0.25, 0.3) is 0 Å². The second kappa shape index (κ2) is 14.4. The molecule has 6 aromatic rings. The summed E-state index contributed by atoms with van der Waals surface area (Å²) in [4.78, 5) is 44.5. The molecule has 0 saturated carbocycles. The van der Waals surface area contributed by atoms with E-state index >= 15 is 9.13 Å². The molecule has 260 valence electrons. The lowest BCUT2D eigenvalue weighted by Gasteiger charge is -2.24. The molecule has 0 spiro atoms. The highest BCUT2D eigenvalue weighted by atomic mass is 31.2. The standard InChI is InChI=1S/C45H40O5P2/c1-29-27-31(3)41(44(47)51(49,35-19-11-7-12-20-35)36-21-13-8-14-22-36)33(5)39(29)43(46)40-30(2)28-32(4)42(34(40)6)45(48)52(50,37-23-15-9-16-24-37)38-25-17-10-18-26-38/h7-28H,1-6H3. The Morgan fingerprint density at radius 2 is 0.596 bits per heavy atom. The minimum atomic E-state index is -3.88. The largest absolute Gasteiger partial charge is 0.305 e. The molecule has 0 bridgehead atoms. The van der Waals surface area contributed by atoms with E-state index in [0.29, 0.717) is 65.7 Å². The van der Waals surface area contributed by atoms with Crippen LogP contribution in [0.1, 0.15) is 70.0 Å². The predicted octanol–water partition coefficient (Wildman–Crippen LogP) is 9.08. The molecule has 0 aliphatic heterocycles. The SMILES string of the molecule is Cc1cc(C)c(C(=O)P(=O)(c2ccccc2)c2ccccc2)c(C)c1C(=O)c1c(C)cc(C)c(C(=O)P(=O)(c2ccccc2)c2ccccc2)c1C. The number of hydrogen-bond acceptors (Lipinski definition) is 5. The lowest BCUT2D eigenvalue weighted by Crippen LogP contribution is -2.25. The van der Waals surface area contributed by atoms with Crippen LogP contribution in [-0.4, -0.2) is 16.8 Å². The molecule has 7 heteroatoms. The second-order valence-corrected chi connectivity index (χ2v) is 18.6. The minimum absolute atomic E-state index is 0.237. The van der Waals surface area contributed by atoms with E-state index in [2.05, 4.69) is 0 Å². The maximum Gasteiger partial charge on any atom is 0.230 e. The maximum atomic E-state index is 15.2. The highest BCUT2D eigenvalue weighted by molar-refractivity contribution is 7.94. The van der Waals surface area contributed by atoms with E-state index in [1.165, 1.54) is 0 Å². The van der Waals surface area contributed by atoms with Crippen molar-refractivity contribution in [2.75, 3.05) is 0 Å². The summed E-state index contributed by atoms with van der Waals surface area (Å²) < 4.78 is 30.3. The number of hydrogen-bond donors (Lipinski definition) is 0. The third kappa shape index (κ3) is 6.09. The first-order valence-corrected chi connectivity index (χ1v) is 20.5. The van der Waals surface area contributed by atoms with E-state index in [1.54, 1.807) is 137 Å². The number of carbonyl (C=O) groups is 3. The van der Waals surface area contributed by atoms with Crippen molar-refractivity contribution in [1.29, 1.82) is 0 Å². The molecule has 0 saturated heterocycles. The van der Waals surface area contributed by atoms with Crippen molar-refractivity contribution >= 4 is 52.3 Å². The van der Waals surface area contributed by atoms with Crippen molar-refractivity contribution in [1.82, 2.24) is 0 Å². The molecule has 6 aromatic carbocycles. The van der Waals surface area contributed by atoms with Crippen LogP contribution in [0.2, 0.25) is 0 Å². The van der Waals surface area contributed by atoms with Gasteiger partial charge in [-0.15, -0.1) is 0 Å². The van der Waals surface area contributed by atoms with Crippen LogP contribution < -0.4 is 21.2 Å². The van der Waals surface area contributed by atoms with Gasteiger partial charge in [0.05, 0.1) is 0 Å². The summed E-state index contributed by atoms with van der Waals surface area (Å²) in [7, 11) is -7.76. The van der Waals surface area contributed by atoms with Gasteiger partial charge in [0.25, 0.3) is 0 Å². The van der Waals surface area contributed by atoms with Gasteiger partial charge in [0, 0.05) is 43.5 Å². The molecule has 0 fully saturated rings. The Balaban J connectivity index is 1.54. The maximum absolute atomic E-state index is 15.2. The fourth-order valence-electron chi connectivity index (χ4n) is 7.49. The van der Waals surface area contributed by atoms with Gasteiger partial charge < -0.3 is 9.13 Å². The van der Waals surface area contributed by atoms with Crippen LogP contribution in [0.3, 0.4) is 0 Å². The smallest absolute Gasteiger partial charge is 0.230 e. The van der Waals surface area contributed by atoms with Gasteiger partial charge in [0.1, 0.15) is 0 Å². The number of ketones is 1. The van der Waals surface area contributed by atoms with Gasteiger partial charge in [-0.05, 0) is 74.9 Å². The molecule has 0 heterocycles.